The molecule has 0 unspecified atom stereocenters. The Morgan fingerprint density at radius 3 is 2.85 bits per heavy atom. The van der Waals surface area contributed by atoms with Gasteiger partial charge >= 0.3 is 5.69 Å². The maximum atomic E-state index is 11.1. The van der Waals surface area contributed by atoms with E-state index in [0.29, 0.717) is 17.1 Å². The van der Waals surface area contributed by atoms with E-state index >= 15 is 0 Å². The molecule has 0 amide bonds. The van der Waals surface area contributed by atoms with Crippen LogP contribution in [0.4, 0.5) is 0 Å². The van der Waals surface area contributed by atoms with Gasteiger partial charge < -0.3 is 10.1 Å². The summed E-state index contributed by atoms with van der Waals surface area (Å²) in [7, 11) is 0. The molecule has 0 atom stereocenters. The van der Waals surface area contributed by atoms with Crippen LogP contribution in [0.25, 0.3) is 0 Å². The minimum Gasteiger partial charge on any atom is -0.396 e. The number of H-pyrrole nitrogens is 2. The van der Waals surface area contributed by atoms with Gasteiger partial charge in [-0.3, -0.25) is 9.78 Å². The highest BCUT2D eigenvalue weighted by atomic mass is 32.2. The molecule has 0 aromatic carbocycles. The first kappa shape index (κ1) is 10.1. The molecule has 0 radical (unpaired) electrons. The van der Waals surface area contributed by atoms with Crippen molar-refractivity contribution in [2.75, 3.05) is 12.4 Å². The van der Waals surface area contributed by atoms with Crippen LogP contribution in [0.5, 0.6) is 0 Å². The number of aliphatic hydroxyl groups excluding tert-OH is 1. The lowest BCUT2D eigenvalue weighted by Gasteiger charge is -1.97. The Kier molecular flexibility index (Phi) is 3.78. The number of hydrogen-bond acceptors (Lipinski definition) is 4. The molecule has 5 nitrogen and oxygen atoms in total. The lowest BCUT2D eigenvalue weighted by molar-refractivity contribution is 0.322. The van der Waals surface area contributed by atoms with Gasteiger partial charge in [-0.2, -0.15) is 11.8 Å². The Morgan fingerprint density at radius 1 is 1.46 bits per heavy atom. The van der Waals surface area contributed by atoms with Crippen LogP contribution in [0.3, 0.4) is 0 Å². The number of rotatable bonds is 4. The number of hydrogen-bond donors (Lipinski definition) is 3. The second-order valence-electron chi connectivity index (χ2n) is 2.37. The summed E-state index contributed by atoms with van der Waals surface area (Å²) in [4.78, 5) is 26.2. The van der Waals surface area contributed by atoms with Gasteiger partial charge in [-0.15, -0.1) is 0 Å². The van der Waals surface area contributed by atoms with Crippen molar-refractivity contribution < 1.29 is 5.11 Å². The van der Waals surface area contributed by atoms with E-state index in [4.69, 9.17) is 5.11 Å². The summed E-state index contributed by atoms with van der Waals surface area (Å²) < 4.78 is 0. The Hall–Kier alpha value is -1.01. The summed E-state index contributed by atoms with van der Waals surface area (Å²) in [5.74, 6) is 1.07. The molecule has 13 heavy (non-hydrogen) atoms. The zero-order valence-corrected chi connectivity index (χ0v) is 7.69. The normalized spacial score (nSPS) is 10.2. The van der Waals surface area contributed by atoms with Crippen molar-refractivity contribution in [1.82, 2.24) is 9.97 Å². The van der Waals surface area contributed by atoms with Crippen molar-refractivity contribution >= 4 is 11.8 Å². The molecule has 1 heterocycles. The van der Waals surface area contributed by atoms with Gasteiger partial charge in [-0.05, 0) is 0 Å². The van der Waals surface area contributed by atoms with Crippen LogP contribution in [0.15, 0.2) is 15.8 Å². The van der Waals surface area contributed by atoms with Gasteiger partial charge in [0, 0.05) is 23.3 Å². The van der Waals surface area contributed by atoms with Crippen molar-refractivity contribution in [3.8, 4) is 0 Å². The lowest BCUT2D eigenvalue weighted by atomic mass is 10.4. The third kappa shape index (κ3) is 3.08. The Labute approximate surface area is 78.2 Å². The molecule has 0 aliphatic heterocycles. The number of aliphatic hydroxyl groups is 1. The van der Waals surface area contributed by atoms with Crippen molar-refractivity contribution in [2.24, 2.45) is 0 Å². The first-order chi connectivity index (χ1) is 6.24. The van der Waals surface area contributed by atoms with Gasteiger partial charge in [0.25, 0.3) is 5.56 Å². The van der Waals surface area contributed by atoms with Crippen LogP contribution in [0.2, 0.25) is 0 Å². The van der Waals surface area contributed by atoms with Gasteiger partial charge in [0.15, 0.2) is 0 Å². The van der Waals surface area contributed by atoms with Gasteiger partial charge in [-0.1, -0.05) is 0 Å². The Balaban J connectivity index is 2.67. The molecule has 0 aliphatic rings. The van der Waals surface area contributed by atoms with E-state index in [1.807, 2.05) is 0 Å². The minimum atomic E-state index is -0.499. The molecule has 0 saturated heterocycles. The summed E-state index contributed by atoms with van der Waals surface area (Å²) in [6.07, 6.45) is 1.39. The standard InChI is InChI=1S/C7H10N2O3S/c10-1-2-13-4-5-3-8-7(12)9-6(5)11/h3,10H,1-2,4H2,(H2,8,9,11,12). The first-order valence-corrected chi connectivity index (χ1v) is 4.89. The Bertz CT molecular complexity index is 370. The molecule has 0 saturated carbocycles. The molecule has 0 spiro atoms. The fourth-order valence-corrected chi connectivity index (χ4v) is 1.50. The van der Waals surface area contributed by atoms with Crippen LogP contribution in [0.1, 0.15) is 5.56 Å². The highest BCUT2D eigenvalue weighted by Crippen LogP contribution is 2.05. The van der Waals surface area contributed by atoms with Gasteiger partial charge in [0.1, 0.15) is 0 Å². The quantitative estimate of drug-likeness (QED) is 0.563. The Morgan fingerprint density at radius 2 is 2.23 bits per heavy atom. The van der Waals surface area contributed by atoms with Crippen LogP contribution in [-0.2, 0) is 5.75 Å². The molecular weight excluding hydrogens is 192 g/mol. The third-order valence-corrected chi connectivity index (χ3v) is 2.38. The van der Waals surface area contributed by atoms with Crippen molar-refractivity contribution in [2.45, 2.75) is 5.75 Å². The highest BCUT2D eigenvalue weighted by Gasteiger charge is 1.99. The average molecular weight is 202 g/mol. The third-order valence-electron chi connectivity index (χ3n) is 1.39. The predicted molar refractivity (Wildman–Crippen MR) is 50.9 cm³/mol. The van der Waals surface area contributed by atoms with Crippen molar-refractivity contribution in [3.63, 3.8) is 0 Å². The first-order valence-electron chi connectivity index (χ1n) is 3.73. The van der Waals surface area contributed by atoms with Crippen molar-refractivity contribution in [1.29, 1.82) is 0 Å². The number of thioether (sulfide) groups is 1. The minimum absolute atomic E-state index is 0.0892. The van der Waals surface area contributed by atoms with E-state index in [2.05, 4.69) is 9.97 Å². The smallest absolute Gasteiger partial charge is 0.325 e. The van der Waals surface area contributed by atoms with E-state index in [0.717, 1.165) is 0 Å². The second kappa shape index (κ2) is 4.88. The van der Waals surface area contributed by atoms with Crippen molar-refractivity contribution in [3.05, 3.63) is 32.6 Å². The summed E-state index contributed by atoms with van der Waals surface area (Å²) in [6.45, 7) is 0.0892. The molecule has 3 N–H and O–H groups in total. The molecule has 6 heteroatoms. The maximum Gasteiger partial charge on any atom is 0.325 e. The zero-order valence-electron chi connectivity index (χ0n) is 6.87. The van der Waals surface area contributed by atoms with Crippen LogP contribution in [0, 0.1) is 0 Å². The molecule has 0 fully saturated rings. The van der Waals surface area contributed by atoms with Gasteiger partial charge in [-0.25, -0.2) is 4.79 Å². The van der Waals surface area contributed by atoms with E-state index < -0.39 is 5.69 Å². The molecule has 1 rings (SSSR count). The number of nitrogens with one attached hydrogen (secondary N) is 2. The molecule has 1 aromatic rings. The van der Waals surface area contributed by atoms with E-state index in [-0.39, 0.29) is 12.2 Å². The number of aromatic nitrogens is 2. The second-order valence-corrected chi connectivity index (χ2v) is 3.48. The molecular formula is C7H10N2O3S. The average Bonchev–Trinajstić information content (AvgIpc) is 2.09. The summed E-state index contributed by atoms with van der Waals surface area (Å²) >= 11 is 1.43. The fraction of sp³-hybridized carbons (Fsp3) is 0.429. The fourth-order valence-electron chi connectivity index (χ4n) is 0.792. The van der Waals surface area contributed by atoms with Crippen LogP contribution in [-0.4, -0.2) is 27.4 Å². The molecule has 0 bridgehead atoms. The van der Waals surface area contributed by atoms with E-state index in [9.17, 15) is 9.59 Å². The number of aromatic amines is 2. The summed E-state index contributed by atoms with van der Waals surface area (Å²) in [6, 6.07) is 0. The van der Waals surface area contributed by atoms with E-state index in [1.165, 1.54) is 18.0 Å². The van der Waals surface area contributed by atoms with Crippen LogP contribution < -0.4 is 11.2 Å². The van der Waals surface area contributed by atoms with Gasteiger partial charge in [0.2, 0.25) is 0 Å². The van der Waals surface area contributed by atoms with E-state index in [1.54, 1.807) is 0 Å². The molecule has 1 aromatic heterocycles. The zero-order chi connectivity index (χ0) is 9.68. The topological polar surface area (TPSA) is 85.9 Å². The molecule has 72 valence electrons. The summed E-state index contributed by atoms with van der Waals surface area (Å²) in [5, 5.41) is 8.49. The lowest BCUT2D eigenvalue weighted by Crippen LogP contribution is -2.24. The predicted octanol–water partition coefficient (Wildman–Crippen LogP) is -0.711. The van der Waals surface area contributed by atoms with Gasteiger partial charge in [0.05, 0.1) is 6.61 Å². The summed E-state index contributed by atoms with van der Waals surface area (Å²) in [5.41, 5.74) is -0.354. The monoisotopic (exact) mass is 202 g/mol. The molecule has 0 aliphatic carbocycles. The largest absolute Gasteiger partial charge is 0.396 e. The van der Waals surface area contributed by atoms with Crippen LogP contribution >= 0.6 is 11.8 Å². The highest BCUT2D eigenvalue weighted by molar-refractivity contribution is 7.98. The maximum absolute atomic E-state index is 11.1. The SMILES string of the molecule is O=c1[nH]cc(CSCCO)c(=O)[nH]1.